The number of nitriles is 1. The van der Waals surface area contributed by atoms with E-state index in [4.69, 9.17) is 14.7 Å². The van der Waals surface area contributed by atoms with Crippen LogP contribution in [-0.4, -0.2) is 36.6 Å². The smallest absolute Gasteiger partial charge is 0.250 e. The fourth-order valence-corrected chi connectivity index (χ4v) is 2.70. The summed E-state index contributed by atoms with van der Waals surface area (Å²) < 4.78 is 11.1. The van der Waals surface area contributed by atoms with Crippen LogP contribution >= 0.6 is 0 Å². The molecule has 7 nitrogen and oxygen atoms in total. The molecule has 1 N–H and O–H groups in total. The predicted octanol–water partition coefficient (Wildman–Crippen LogP) is 4.44. The van der Waals surface area contributed by atoms with E-state index in [0.717, 1.165) is 11.1 Å². The maximum absolute atomic E-state index is 12.3. The highest BCUT2D eigenvalue weighted by Crippen LogP contribution is 2.18. The highest BCUT2D eigenvalue weighted by Gasteiger charge is 2.12. The van der Waals surface area contributed by atoms with Gasteiger partial charge in [-0.2, -0.15) is 5.26 Å². The quantitative estimate of drug-likeness (QED) is 0.372. The Morgan fingerprint density at radius 2 is 2.22 bits per heavy atom. The van der Waals surface area contributed by atoms with Crippen LogP contribution in [0.3, 0.4) is 0 Å². The summed E-state index contributed by atoms with van der Waals surface area (Å²) in [6.07, 6.45) is 16.7. The molecule has 0 fully saturated rings. The van der Waals surface area contributed by atoms with Crippen molar-refractivity contribution >= 4 is 17.5 Å². The van der Waals surface area contributed by atoms with Gasteiger partial charge in [0.05, 0.1) is 30.7 Å². The minimum Gasteiger partial charge on any atom is -0.481 e. The van der Waals surface area contributed by atoms with Gasteiger partial charge in [-0.3, -0.25) is 9.78 Å². The summed E-state index contributed by atoms with van der Waals surface area (Å²) in [4.78, 5) is 20.8. The standard InChI is InChI=1S/C25H28N4O3/c1-5-6-8-18(2)19(3)32-17-24(30)28-22-10-7-9-21(11-12-22)25(31-4)29-23-13-20(14-26)15-27-16-23/h5-8,10-13,15-16,19H,9,17H2,1-4H3,(H,28,30)/b6-5-,18-8-,29-25?. The number of carbonyl (C=O) groups excluding carboxylic acids is 1. The fourth-order valence-electron chi connectivity index (χ4n) is 2.70. The Hall–Kier alpha value is -3.76. The maximum Gasteiger partial charge on any atom is 0.250 e. The molecule has 0 saturated carbocycles. The highest BCUT2D eigenvalue weighted by atomic mass is 16.5. The van der Waals surface area contributed by atoms with Crippen molar-refractivity contribution < 1.29 is 14.3 Å². The number of ether oxygens (including phenoxy) is 2. The van der Waals surface area contributed by atoms with E-state index in [-0.39, 0.29) is 18.6 Å². The Balaban J connectivity index is 2.04. The highest BCUT2D eigenvalue weighted by molar-refractivity contribution is 5.96. The average Bonchev–Trinajstić information content (AvgIpc) is 3.04. The van der Waals surface area contributed by atoms with Crippen molar-refractivity contribution in [2.75, 3.05) is 13.7 Å². The third-order valence-corrected chi connectivity index (χ3v) is 4.59. The van der Waals surface area contributed by atoms with Gasteiger partial charge in [-0.1, -0.05) is 30.4 Å². The van der Waals surface area contributed by atoms with Crippen LogP contribution in [0.5, 0.6) is 0 Å². The van der Waals surface area contributed by atoms with E-state index >= 15 is 0 Å². The molecule has 0 aromatic carbocycles. The third-order valence-electron chi connectivity index (χ3n) is 4.59. The molecule has 1 heterocycles. The van der Waals surface area contributed by atoms with Crippen molar-refractivity contribution in [2.24, 2.45) is 4.99 Å². The van der Waals surface area contributed by atoms with Crippen LogP contribution in [0.1, 0.15) is 32.8 Å². The van der Waals surface area contributed by atoms with Gasteiger partial charge in [0.25, 0.3) is 0 Å². The number of allylic oxidation sites excluding steroid dienone is 7. The van der Waals surface area contributed by atoms with Crippen molar-refractivity contribution in [2.45, 2.75) is 33.3 Å². The van der Waals surface area contributed by atoms with Crippen LogP contribution in [0.4, 0.5) is 5.69 Å². The van der Waals surface area contributed by atoms with E-state index in [1.54, 1.807) is 18.3 Å². The SMILES string of the molecule is C/C=C\C=C(\C)C(C)OCC(=O)NC1=CC=C(C(=Nc2cncc(C#N)c2)OC)CC=C1. The van der Waals surface area contributed by atoms with Crippen molar-refractivity contribution in [1.82, 2.24) is 10.3 Å². The lowest BCUT2D eigenvalue weighted by atomic mass is 10.2. The fraction of sp³-hybridized carbons (Fsp3) is 0.280. The Kier molecular flexibility index (Phi) is 9.82. The van der Waals surface area contributed by atoms with Crippen molar-refractivity contribution in [1.29, 1.82) is 5.26 Å². The van der Waals surface area contributed by atoms with Gasteiger partial charge in [-0.15, -0.1) is 0 Å². The van der Waals surface area contributed by atoms with E-state index in [9.17, 15) is 4.79 Å². The molecule has 0 aliphatic heterocycles. The van der Waals surface area contributed by atoms with Gasteiger partial charge in [0.1, 0.15) is 12.7 Å². The molecule has 1 aliphatic carbocycles. The number of nitrogens with one attached hydrogen (secondary N) is 1. The Morgan fingerprint density at radius 1 is 1.41 bits per heavy atom. The molecule has 1 aromatic rings. The summed E-state index contributed by atoms with van der Waals surface area (Å²) in [5, 5.41) is 11.9. The Morgan fingerprint density at radius 3 is 2.94 bits per heavy atom. The first-order chi connectivity index (χ1) is 15.5. The summed E-state index contributed by atoms with van der Waals surface area (Å²) >= 11 is 0. The van der Waals surface area contributed by atoms with E-state index in [2.05, 4.69) is 15.3 Å². The van der Waals surface area contributed by atoms with Crippen LogP contribution in [0.2, 0.25) is 0 Å². The molecule has 1 unspecified atom stereocenters. The van der Waals surface area contributed by atoms with Gasteiger partial charge in [0, 0.05) is 17.5 Å². The summed E-state index contributed by atoms with van der Waals surface area (Å²) in [6.45, 7) is 5.78. The zero-order valence-corrected chi connectivity index (χ0v) is 18.8. The van der Waals surface area contributed by atoms with Crippen LogP contribution in [-0.2, 0) is 14.3 Å². The van der Waals surface area contributed by atoms with E-state index in [1.165, 1.54) is 13.3 Å². The second-order valence-electron chi connectivity index (χ2n) is 7.02. The van der Waals surface area contributed by atoms with Gasteiger partial charge in [0.2, 0.25) is 11.8 Å². The first-order valence-corrected chi connectivity index (χ1v) is 10.2. The lowest BCUT2D eigenvalue weighted by Crippen LogP contribution is -2.28. The normalized spacial score (nSPS) is 15.5. The molecule has 1 atom stereocenters. The lowest BCUT2D eigenvalue weighted by Gasteiger charge is -2.13. The number of carbonyl (C=O) groups is 1. The molecule has 0 saturated heterocycles. The largest absolute Gasteiger partial charge is 0.481 e. The number of aliphatic imine (C=N–C) groups is 1. The number of aromatic nitrogens is 1. The number of pyridine rings is 1. The number of rotatable bonds is 8. The summed E-state index contributed by atoms with van der Waals surface area (Å²) in [5.74, 6) is 0.180. The number of methoxy groups -OCH3 is 1. The third kappa shape index (κ3) is 7.82. The minimum absolute atomic E-state index is 0.0447. The second-order valence-corrected chi connectivity index (χ2v) is 7.02. The molecule has 0 bridgehead atoms. The van der Waals surface area contributed by atoms with Gasteiger partial charge in [-0.25, -0.2) is 4.99 Å². The zero-order valence-electron chi connectivity index (χ0n) is 18.8. The number of nitrogens with zero attached hydrogens (tertiary/aromatic N) is 3. The second kappa shape index (κ2) is 12.8. The first-order valence-electron chi connectivity index (χ1n) is 10.2. The molecule has 7 heteroatoms. The van der Waals surface area contributed by atoms with Gasteiger partial charge < -0.3 is 14.8 Å². The average molecular weight is 433 g/mol. The lowest BCUT2D eigenvalue weighted by molar-refractivity contribution is -0.125. The number of hydrogen-bond donors (Lipinski definition) is 1. The minimum atomic E-state index is -0.233. The molecule has 0 radical (unpaired) electrons. The summed E-state index contributed by atoms with van der Waals surface area (Å²) in [7, 11) is 1.54. The van der Waals surface area contributed by atoms with E-state index < -0.39 is 0 Å². The van der Waals surface area contributed by atoms with Crippen LogP contribution in [0.25, 0.3) is 0 Å². The first kappa shape index (κ1) is 24.5. The summed E-state index contributed by atoms with van der Waals surface area (Å²) in [6, 6.07) is 3.68. The van der Waals surface area contributed by atoms with Crippen molar-refractivity contribution in [3.63, 3.8) is 0 Å². The molecule has 1 aromatic heterocycles. The van der Waals surface area contributed by atoms with Crippen LogP contribution in [0, 0.1) is 11.3 Å². The molecule has 2 rings (SSSR count). The van der Waals surface area contributed by atoms with Gasteiger partial charge in [-0.05, 0) is 51.0 Å². The van der Waals surface area contributed by atoms with Gasteiger partial charge in [0.15, 0.2) is 0 Å². The van der Waals surface area contributed by atoms with Crippen LogP contribution in [0.15, 0.2) is 82.8 Å². The van der Waals surface area contributed by atoms with Crippen LogP contribution < -0.4 is 5.32 Å². The van der Waals surface area contributed by atoms with Crippen molar-refractivity contribution in [3.05, 3.63) is 83.4 Å². The molecule has 1 aliphatic rings. The Labute approximate surface area is 189 Å². The molecule has 166 valence electrons. The predicted molar refractivity (Wildman–Crippen MR) is 125 cm³/mol. The molecule has 32 heavy (non-hydrogen) atoms. The topological polar surface area (TPSA) is 96.6 Å². The van der Waals surface area contributed by atoms with Crippen molar-refractivity contribution in [3.8, 4) is 6.07 Å². The Bertz CT molecular complexity index is 1040. The molecular formula is C25H28N4O3. The van der Waals surface area contributed by atoms with E-state index in [0.29, 0.717) is 29.3 Å². The zero-order chi connectivity index (χ0) is 23.3. The number of amides is 1. The summed E-state index contributed by atoms with van der Waals surface area (Å²) in [5.41, 5.74) is 3.46. The van der Waals surface area contributed by atoms with Gasteiger partial charge >= 0.3 is 0 Å². The monoisotopic (exact) mass is 432 g/mol. The number of hydrogen-bond acceptors (Lipinski definition) is 6. The molecule has 0 spiro atoms. The maximum atomic E-state index is 12.3. The molecular weight excluding hydrogens is 404 g/mol. The molecule has 1 amide bonds. The van der Waals surface area contributed by atoms with E-state index in [1.807, 2.05) is 63.3 Å².